The van der Waals surface area contributed by atoms with E-state index in [0.29, 0.717) is 5.88 Å². The van der Waals surface area contributed by atoms with E-state index < -0.39 is 0 Å². The predicted octanol–water partition coefficient (Wildman–Crippen LogP) is 1.67. The lowest BCUT2D eigenvalue weighted by molar-refractivity contribution is 0.195. The third-order valence-electron chi connectivity index (χ3n) is 1.82. The molecule has 1 heterocycles. The fourth-order valence-electron chi connectivity index (χ4n) is 1.10. The molecular formula is C10H15NO2. The van der Waals surface area contributed by atoms with Crippen LogP contribution in [-0.4, -0.2) is 25.8 Å². The zero-order chi connectivity index (χ0) is 9.52. The van der Waals surface area contributed by atoms with Gasteiger partial charge in [0.1, 0.15) is 0 Å². The van der Waals surface area contributed by atoms with Crippen LogP contribution in [0, 0.1) is 0 Å². The van der Waals surface area contributed by atoms with Gasteiger partial charge in [0, 0.05) is 26.0 Å². The molecule has 3 nitrogen and oxygen atoms in total. The van der Waals surface area contributed by atoms with Crippen molar-refractivity contribution >= 4 is 0 Å². The molecule has 0 unspecified atom stereocenters. The first-order valence-electron chi connectivity index (χ1n) is 4.34. The van der Waals surface area contributed by atoms with Gasteiger partial charge >= 0.3 is 0 Å². The number of ether oxygens (including phenoxy) is 2. The highest BCUT2D eigenvalue weighted by atomic mass is 16.5. The highest BCUT2D eigenvalue weighted by Gasteiger charge is 1.95. The van der Waals surface area contributed by atoms with Gasteiger partial charge in [0.25, 0.3) is 0 Å². The quantitative estimate of drug-likeness (QED) is 0.647. The molecule has 0 spiro atoms. The smallest absolute Gasteiger partial charge is 0.212 e. The molecule has 0 aliphatic heterocycles. The minimum atomic E-state index is 0.662. The minimum Gasteiger partial charge on any atom is -0.481 e. The number of methoxy groups -OCH3 is 2. The van der Waals surface area contributed by atoms with Crippen LogP contribution in [0.3, 0.4) is 0 Å². The van der Waals surface area contributed by atoms with Crippen molar-refractivity contribution in [2.75, 3.05) is 20.8 Å². The van der Waals surface area contributed by atoms with Gasteiger partial charge in [-0.05, 0) is 18.4 Å². The summed E-state index contributed by atoms with van der Waals surface area (Å²) in [4.78, 5) is 4.11. The molecule has 1 aromatic rings. The van der Waals surface area contributed by atoms with Crippen LogP contribution in [0.25, 0.3) is 0 Å². The molecule has 0 amide bonds. The second-order valence-corrected chi connectivity index (χ2v) is 2.81. The zero-order valence-corrected chi connectivity index (χ0v) is 8.12. The Morgan fingerprint density at radius 3 is 2.69 bits per heavy atom. The molecule has 0 aromatic carbocycles. The first-order chi connectivity index (χ1) is 6.36. The molecule has 1 aromatic heterocycles. The van der Waals surface area contributed by atoms with Gasteiger partial charge in [-0.1, -0.05) is 6.07 Å². The van der Waals surface area contributed by atoms with Crippen molar-refractivity contribution in [2.45, 2.75) is 12.8 Å². The molecule has 72 valence electrons. The summed E-state index contributed by atoms with van der Waals surface area (Å²) < 4.78 is 9.92. The molecule has 0 saturated heterocycles. The Hall–Kier alpha value is -1.09. The summed E-state index contributed by atoms with van der Waals surface area (Å²) >= 11 is 0. The van der Waals surface area contributed by atoms with Crippen molar-refractivity contribution < 1.29 is 9.47 Å². The third-order valence-corrected chi connectivity index (χ3v) is 1.82. The normalized spacial score (nSPS) is 10.0. The Labute approximate surface area is 78.7 Å². The lowest BCUT2D eigenvalue weighted by atomic mass is 10.2. The van der Waals surface area contributed by atoms with E-state index in [1.54, 1.807) is 14.2 Å². The number of aryl methyl sites for hydroxylation is 1. The Bertz CT molecular complexity index is 233. The number of nitrogens with zero attached hydrogens (tertiary/aromatic N) is 1. The maximum Gasteiger partial charge on any atom is 0.212 e. The highest BCUT2D eigenvalue weighted by molar-refractivity contribution is 5.17. The van der Waals surface area contributed by atoms with Gasteiger partial charge in [-0.15, -0.1) is 0 Å². The number of rotatable bonds is 5. The van der Waals surface area contributed by atoms with Crippen LogP contribution in [0.2, 0.25) is 0 Å². The van der Waals surface area contributed by atoms with Crippen molar-refractivity contribution in [1.29, 1.82) is 0 Å². The summed E-state index contributed by atoms with van der Waals surface area (Å²) in [6.45, 7) is 0.798. The second-order valence-electron chi connectivity index (χ2n) is 2.81. The van der Waals surface area contributed by atoms with Crippen LogP contribution in [0.5, 0.6) is 5.88 Å². The minimum absolute atomic E-state index is 0.662. The first-order valence-corrected chi connectivity index (χ1v) is 4.34. The number of hydrogen-bond donors (Lipinski definition) is 0. The summed E-state index contributed by atoms with van der Waals surface area (Å²) in [5.74, 6) is 0.662. The van der Waals surface area contributed by atoms with E-state index in [-0.39, 0.29) is 0 Å². The maximum absolute atomic E-state index is 4.96. The Kier molecular flexibility index (Phi) is 4.26. The average Bonchev–Trinajstić information content (AvgIpc) is 2.19. The second kappa shape index (κ2) is 5.54. The Morgan fingerprint density at radius 2 is 2.15 bits per heavy atom. The molecule has 0 fully saturated rings. The molecule has 0 N–H and O–H groups in total. The third kappa shape index (κ3) is 3.42. The van der Waals surface area contributed by atoms with Crippen LogP contribution in [0.4, 0.5) is 0 Å². The summed E-state index contributed by atoms with van der Waals surface area (Å²) in [5, 5.41) is 0. The monoisotopic (exact) mass is 181 g/mol. The fourth-order valence-corrected chi connectivity index (χ4v) is 1.10. The highest BCUT2D eigenvalue weighted by Crippen LogP contribution is 2.08. The van der Waals surface area contributed by atoms with Crippen LogP contribution in [0.1, 0.15) is 12.0 Å². The van der Waals surface area contributed by atoms with E-state index >= 15 is 0 Å². The zero-order valence-electron chi connectivity index (χ0n) is 8.12. The predicted molar refractivity (Wildman–Crippen MR) is 51.0 cm³/mol. The topological polar surface area (TPSA) is 31.4 Å². The molecule has 0 saturated carbocycles. The number of pyridine rings is 1. The van der Waals surface area contributed by atoms with Crippen LogP contribution in [-0.2, 0) is 11.2 Å². The molecule has 0 radical (unpaired) electrons. The van der Waals surface area contributed by atoms with Crippen molar-refractivity contribution in [3.63, 3.8) is 0 Å². The SMILES string of the molecule is COCCCc1ccc(OC)nc1. The van der Waals surface area contributed by atoms with Crippen molar-refractivity contribution in [1.82, 2.24) is 4.98 Å². The number of hydrogen-bond acceptors (Lipinski definition) is 3. The van der Waals surface area contributed by atoms with Crippen LogP contribution >= 0.6 is 0 Å². The van der Waals surface area contributed by atoms with E-state index in [0.717, 1.165) is 19.4 Å². The summed E-state index contributed by atoms with van der Waals surface area (Å²) in [6, 6.07) is 3.91. The van der Waals surface area contributed by atoms with Gasteiger partial charge in [0.15, 0.2) is 0 Å². The lowest BCUT2D eigenvalue weighted by Crippen LogP contribution is -1.94. The largest absolute Gasteiger partial charge is 0.481 e. The summed E-state index contributed by atoms with van der Waals surface area (Å²) in [6.07, 6.45) is 3.88. The van der Waals surface area contributed by atoms with Crippen molar-refractivity contribution in [3.8, 4) is 5.88 Å². The standard InChI is InChI=1S/C10H15NO2/c1-12-7-3-4-9-5-6-10(13-2)11-8-9/h5-6,8H,3-4,7H2,1-2H3. The van der Waals surface area contributed by atoms with Crippen molar-refractivity contribution in [2.24, 2.45) is 0 Å². The van der Waals surface area contributed by atoms with E-state index in [1.807, 2.05) is 18.3 Å². The van der Waals surface area contributed by atoms with E-state index in [9.17, 15) is 0 Å². The van der Waals surface area contributed by atoms with Crippen LogP contribution < -0.4 is 4.74 Å². The van der Waals surface area contributed by atoms with Gasteiger partial charge in [-0.25, -0.2) is 4.98 Å². The lowest BCUT2D eigenvalue weighted by Gasteiger charge is -2.01. The van der Waals surface area contributed by atoms with E-state index in [2.05, 4.69) is 4.98 Å². The van der Waals surface area contributed by atoms with Gasteiger partial charge < -0.3 is 9.47 Å². The van der Waals surface area contributed by atoms with Crippen LogP contribution in [0.15, 0.2) is 18.3 Å². The van der Waals surface area contributed by atoms with Gasteiger partial charge in [0.2, 0.25) is 5.88 Å². The molecule has 13 heavy (non-hydrogen) atoms. The molecule has 0 aliphatic carbocycles. The van der Waals surface area contributed by atoms with E-state index in [1.165, 1.54) is 5.56 Å². The fraction of sp³-hybridized carbons (Fsp3) is 0.500. The van der Waals surface area contributed by atoms with E-state index in [4.69, 9.17) is 9.47 Å². The molecule has 3 heteroatoms. The summed E-state index contributed by atoms with van der Waals surface area (Å²) in [7, 11) is 3.33. The molecular weight excluding hydrogens is 166 g/mol. The Balaban J connectivity index is 2.40. The van der Waals surface area contributed by atoms with Gasteiger partial charge in [-0.2, -0.15) is 0 Å². The Morgan fingerprint density at radius 1 is 1.31 bits per heavy atom. The van der Waals surface area contributed by atoms with Crippen molar-refractivity contribution in [3.05, 3.63) is 23.9 Å². The molecule has 0 bridgehead atoms. The molecule has 0 aliphatic rings. The molecule has 1 rings (SSSR count). The van der Waals surface area contributed by atoms with Gasteiger partial charge in [0.05, 0.1) is 7.11 Å². The molecule has 0 atom stereocenters. The average molecular weight is 181 g/mol. The van der Waals surface area contributed by atoms with Gasteiger partial charge in [-0.3, -0.25) is 0 Å². The first kappa shape index (κ1) is 9.99. The maximum atomic E-state index is 4.96. The summed E-state index contributed by atoms with van der Waals surface area (Å²) in [5.41, 5.74) is 1.22. The number of aromatic nitrogens is 1.